The Balaban J connectivity index is 1.62. The fourth-order valence-corrected chi connectivity index (χ4v) is 4.66. The first-order valence-corrected chi connectivity index (χ1v) is 10.6. The molecule has 0 aliphatic carbocycles. The normalized spacial score (nSPS) is 16.9. The number of piperazine rings is 1. The summed E-state index contributed by atoms with van der Waals surface area (Å²) >= 11 is 0. The minimum atomic E-state index is -3.56. The molecule has 9 nitrogen and oxygen atoms in total. The number of rotatable bonds is 6. The lowest BCUT2D eigenvalue weighted by molar-refractivity contribution is -0.383. The zero-order valence-corrected chi connectivity index (χ0v) is 16.7. The molecule has 1 aliphatic heterocycles. The molecule has 1 N–H and O–H groups in total. The van der Waals surface area contributed by atoms with E-state index in [-0.39, 0.29) is 35.3 Å². The van der Waals surface area contributed by atoms with E-state index in [0.29, 0.717) is 13.1 Å². The topological polar surface area (TPSA) is 113 Å². The number of hydrogen-bond acceptors (Lipinski definition) is 6. The van der Waals surface area contributed by atoms with Gasteiger partial charge >= 0.3 is 0 Å². The van der Waals surface area contributed by atoms with E-state index in [0.717, 1.165) is 0 Å². The summed E-state index contributed by atoms with van der Waals surface area (Å²) in [5.74, 6) is -0.376. The van der Waals surface area contributed by atoms with Crippen LogP contribution < -0.4 is 5.32 Å². The number of anilines is 1. The summed E-state index contributed by atoms with van der Waals surface area (Å²) in [7, 11) is -3.56. The lowest BCUT2D eigenvalue weighted by Gasteiger charge is -2.36. The smallest absolute Gasteiger partial charge is 0.292 e. The van der Waals surface area contributed by atoms with Crippen molar-refractivity contribution in [3.8, 4) is 0 Å². The average Bonchev–Trinajstić information content (AvgIpc) is 2.74. The van der Waals surface area contributed by atoms with Crippen molar-refractivity contribution in [3.63, 3.8) is 0 Å². The lowest BCUT2D eigenvalue weighted by Crippen LogP contribution is -2.53. The second kappa shape index (κ2) is 8.68. The van der Waals surface area contributed by atoms with Gasteiger partial charge in [-0.3, -0.25) is 19.8 Å². The van der Waals surface area contributed by atoms with Crippen molar-refractivity contribution >= 4 is 27.3 Å². The largest absolute Gasteiger partial charge is 0.319 e. The minimum Gasteiger partial charge on any atom is -0.319 e. The fraction of sp³-hybridized carbons (Fsp3) is 0.316. The third-order valence-corrected chi connectivity index (χ3v) is 6.85. The number of carbonyl (C=O) groups is 1. The summed E-state index contributed by atoms with van der Waals surface area (Å²) in [6, 6.07) is 13.6. The van der Waals surface area contributed by atoms with Gasteiger partial charge in [-0.05, 0) is 25.1 Å². The van der Waals surface area contributed by atoms with E-state index in [4.69, 9.17) is 0 Å². The van der Waals surface area contributed by atoms with Gasteiger partial charge in [0.1, 0.15) is 5.69 Å². The molecule has 10 heteroatoms. The van der Waals surface area contributed by atoms with Crippen LogP contribution in [0.4, 0.5) is 11.4 Å². The minimum absolute atomic E-state index is 0.139. The fourth-order valence-electron chi connectivity index (χ4n) is 3.21. The molecule has 1 fully saturated rings. The van der Waals surface area contributed by atoms with Crippen LogP contribution in [0.25, 0.3) is 0 Å². The molecule has 2 aromatic carbocycles. The average molecular weight is 418 g/mol. The zero-order valence-electron chi connectivity index (χ0n) is 15.9. The number of sulfonamides is 1. The highest BCUT2D eigenvalue weighted by Gasteiger charge is 2.32. The van der Waals surface area contributed by atoms with Crippen LogP contribution in [-0.2, 0) is 14.8 Å². The predicted molar refractivity (Wildman–Crippen MR) is 108 cm³/mol. The molecule has 29 heavy (non-hydrogen) atoms. The Bertz CT molecular complexity index is 989. The van der Waals surface area contributed by atoms with Gasteiger partial charge in [0.25, 0.3) is 5.69 Å². The van der Waals surface area contributed by atoms with Crippen LogP contribution in [0.15, 0.2) is 59.5 Å². The maximum absolute atomic E-state index is 12.7. The Hall–Kier alpha value is -2.82. The van der Waals surface area contributed by atoms with E-state index >= 15 is 0 Å². The van der Waals surface area contributed by atoms with Gasteiger partial charge in [0.2, 0.25) is 15.9 Å². The lowest BCUT2D eigenvalue weighted by atomic mass is 10.2. The van der Waals surface area contributed by atoms with Crippen LogP contribution in [0.2, 0.25) is 0 Å². The number of nitro benzene ring substituents is 1. The van der Waals surface area contributed by atoms with Crippen LogP contribution in [0.1, 0.15) is 6.92 Å². The van der Waals surface area contributed by atoms with Crippen molar-refractivity contribution in [2.45, 2.75) is 17.9 Å². The van der Waals surface area contributed by atoms with Crippen molar-refractivity contribution in [1.29, 1.82) is 0 Å². The summed E-state index contributed by atoms with van der Waals surface area (Å²) in [4.78, 5) is 25.2. The molecule has 2 aromatic rings. The van der Waals surface area contributed by atoms with Crippen molar-refractivity contribution in [2.75, 3.05) is 31.5 Å². The number of hydrogen-bond donors (Lipinski definition) is 1. The van der Waals surface area contributed by atoms with Gasteiger partial charge in [-0.2, -0.15) is 4.31 Å². The Kier molecular flexibility index (Phi) is 6.26. The van der Waals surface area contributed by atoms with Crippen LogP contribution in [0.5, 0.6) is 0 Å². The molecule has 1 amide bonds. The molecule has 3 rings (SSSR count). The number of carbonyl (C=O) groups excluding carboxylic acids is 1. The van der Waals surface area contributed by atoms with Crippen molar-refractivity contribution in [3.05, 3.63) is 64.7 Å². The monoisotopic (exact) mass is 418 g/mol. The number of nitro groups is 1. The number of amides is 1. The van der Waals surface area contributed by atoms with Gasteiger partial charge in [0.05, 0.1) is 15.9 Å². The Morgan fingerprint density at radius 1 is 1.03 bits per heavy atom. The standard InChI is InChI=1S/C19H22N4O5S/c1-15(19(24)20-17-9-5-6-10-18(17)23(25)26)21-11-13-22(14-12-21)29(27,28)16-7-3-2-4-8-16/h2-10,15H,11-14H2,1H3,(H,20,24). The summed E-state index contributed by atoms with van der Waals surface area (Å²) in [6.45, 7) is 3.00. The van der Waals surface area contributed by atoms with Gasteiger partial charge < -0.3 is 5.32 Å². The second-order valence-electron chi connectivity index (χ2n) is 6.69. The van der Waals surface area contributed by atoms with Crippen molar-refractivity contribution in [1.82, 2.24) is 9.21 Å². The first-order valence-electron chi connectivity index (χ1n) is 9.14. The molecular formula is C19H22N4O5S. The maximum atomic E-state index is 12.7. The Labute approximate surface area is 169 Å². The third kappa shape index (κ3) is 4.61. The van der Waals surface area contributed by atoms with E-state index in [9.17, 15) is 23.3 Å². The highest BCUT2D eigenvalue weighted by Crippen LogP contribution is 2.24. The summed E-state index contributed by atoms with van der Waals surface area (Å²) in [5, 5.41) is 13.7. The second-order valence-corrected chi connectivity index (χ2v) is 8.63. The molecular weight excluding hydrogens is 396 g/mol. The zero-order chi connectivity index (χ0) is 21.0. The van der Waals surface area contributed by atoms with Crippen LogP contribution in [0.3, 0.4) is 0 Å². The molecule has 1 aliphatic rings. The summed E-state index contributed by atoms with van der Waals surface area (Å²) in [6.07, 6.45) is 0. The van der Waals surface area contributed by atoms with Crippen molar-refractivity contribution < 1.29 is 18.1 Å². The molecule has 0 spiro atoms. The molecule has 1 saturated heterocycles. The third-order valence-electron chi connectivity index (χ3n) is 4.94. The first kappa shape index (κ1) is 20.9. The molecule has 1 heterocycles. The molecule has 0 saturated carbocycles. The molecule has 1 atom stereocenters. The summed E-state index contributed by atoms with van der Waals surface area (Å²) in [5.41, 5.74) is -0.0357. The van der Waals surface area contributed by atoms with Gasteiger partial charge in [-0.1, -0.05) is 30.3 Å². The SMILES string of the molecule is CC(C(=O)Nc1ccccc1[N+](=O)[O-])N1CCN(S(=O)(=O)c2ccccc2)CC1. The highest BCUT2D eigenvalue weighted by molar-refractivity contribution is 7.89. The van der Waals surface area contributed by atoms with E-state index in [1.807, 2.05) is 4.90 Å². The number of nitrogens with zero attached hydrogens (tertiary/aromatic N) is 3. The molecule has 0 bridgehead atoms. The quantitative estimate of drug-likeness (QED) is 0.567. The highest BCUT2D eigenvalue weighted by atomic mass is 32.2. The Morgan fingerprint density at radius 3 is 2.24 bits per heavy atom. The Morgan fingerprint density at radius 2 is 1.62 bits per heavy atom. The first-order chi connectivity index (χ1) is 13.8. The number of para-hydroxylation sites is 2. The van der Waals surface area contributed by atoms with Crippen molar-refractivity contribution in [2.24, 2.45) is 0 Å². The van der Waals surface area contributed by atoms with Crippen LogP contribution >= 0.6 is 0 Å². The molecule has 0 radical (unpaired) electrons. The van der Waals surface area contributed by atoms with Crippen LogP contribution in [-0.4, -0.2) is 60.7 Å². The number of nitrogens with one attached hydrogen (secondary N) is 1. The molecule has 0 aromatic heterocycles. The predicted octanol–water partition coefficient (Wildman–Crippen LogP) is 1.93. The molecule has 1 unspecified atom stereocenters. The maximum Gasteiger partial charge on any atom is 0.292 e. The number of benzene rings is 2. The van der Waals surface area contributed by atoms with Gasteiger partial charge in [0.15, 0.2) is 0 Å². The van der Waals surface area contributed by atoms with E-state index in [1.165, 1.54) is 22.5 Å². The van der Waals surface area contributed by atoms with E-state index in [2.05, 4.69) is 5.32 Å². The van der Waals surface area contributed by atoms with E-state index < -0.39 is 21.0 Å². The van der Waals surface area contributed by atoms with Gasteiger partial charge in [0, 0.05) is 32.2 Å². The van der Waals surface area contributed by atoms with Gasteiger partial charge in [-0.25, -0.2) is 8.42 Å². The van der Waals surface area contributed by atoms with E-state index in [1.54, 1.807) is 43.3 Å². The summed E-state index contributed by atoms with van der Waals surface area (Å²) < 4.78 is 26.8. The van der Waals surface area contributed by atoms with Gasteiger partial charge in [-0.15, -0.1) is 0 Å². The molecule has 154 valence electrons. The van der Waals surface area contributed by atoms with Crippen LogP contribution in [0, 0.1) is 10.1 Å².